The normalized spacial score (nSPS) is 11.4. The van der Waals surface area contributed by atoms with Crippen molar-refractivity contribution in [3.63, 3.8) is 0 Å². The maximum absolute atomic E-state index is 3.21. The van der Waals surface area contributed by atoms with Crippen LogP contribution in [0.25, 0.3) is 82.1 Å². The monoisotopic (exact) mass is 710 g/mol. The molecule has 0 amide bonds. The van der Waals surface area contributed by atoms with E-state index in [4.69, 9.17) is 0 Å². The van der Waals surface area contributed by atoms with Crippen LogP contribution >= 0.6 is 0 Å². The Kier molecular flexibility index (Phi) is 7.44. The lowest BCUT2D eigenvalue weighted by Crippen LogP contribution is -2.11. The predicted molar refractivity (Wildman–Crippen MR) is 237 cm³/mol. The molecule has 0 bridgehead atoms. The highest BCUT2D eigenvalue weighted by Gasteiger charge is 2.22. The summed E-state index contributed by atoms with van der Waals surface area (Å²) in [5, 5.41) is 10.0. The fourth-order valence-corrected chi connectivity index (χ4v) is 8.69. The number of fused-ring (bicyclic) bond motifs is 8. The molecule has 0 unspecified atom stereocenters. The van der Waals surface area contributed by atoms with Gasteiger partial charge in [-0.3, -0.25) is 0 Å². The first-order valence-electron chi connectivity index (χ1n) is 19.1. The number of anilines is 3. The molecule has 0 saturated heterocycles. The third kappa shape index (κ3) is 5.14. The van der Waals surface area contributed by atoms with Gasteiger partial charge in [-0.1, -0.05) is 164 Å². The summed E-state index contributed by atoms with van der Waals surface area (Å²) in [5.74, 6) is 0. The standard InChI is InChI=1S/C54H34N2/c1-3-13-37(14-4-1)38-25-31-43(32-26-38)55(52-24-12-22-50-48-20-9-10-23-51(48)56(54(50)52)42-17-5-2-6-18-42)44-33-27-40(28-34-44)46-21-11-16-41-30-35-47-45-19-8-7-15-39(45)29-36-49(47)53(41)46/h1,3-5,7-36H. The van der Waals surface area contributed by atoms with Gasteiger partial charge in [-0.25, -0.2) is 0 Å². The Labute approximate surface area is 325 Å². The molecular weight excluding hydrogens is 677 g/mol. The molecule has 0 fully saturated rings. The van der Waals surface area contributed by atoms with Crippen molar-refractivity contribution < 1.29 is 0 Å². The highest BCUT2D eigenvalue weighted by atomic mass is 15.2. The summed E-state index contributed by atoms with van der Waals surface area (Å²) >= 11 is 0. The van der Waals surface area contributed by atoms with Gasteiger partial charge in [-0.05, 0) is 103 Å². The maximum Gasteiger partial charge on any atom is 0.0782 e. The predicted octanol–water partition coefficient (Wildman–Crippen LogP) is 14.6. The molecule has 0 radical (unpaired) electrons. The fourth-order valence-electron chi connectivity index (χ4n) is 8.69. The molecule has 2 heteroatoms. The molecule has 0 aliphatic rings. The molecule has 10 aromatic carbocycles. The van der Waals surface area contributed by atoms with Crippen molar-refractivity contribution in [1.29, 1.82) is 0 Å². The molecule has 0 aliphatic heterocycles. The molecule has 56 heavy (non-hydrogen) atoms. The second kappa shape index (κ2) is 13.1. The third-order valence-electron chi connectivity index (χ3n) is 11.2. The molecule has 260 valence electrons. The summed E-state index contributed by atoms with van der Waals surface area (Å²) in [6.07, 6.45) is 0. The molecule has 0 saturated carbocycles. The number of aromatic nitrogens is 1. The van der Waals surface area contributed by atoms with Gasteiger partial charge >= 0.3 is 0 Å². The zero-order valence-corrected chi connectivity index (χ0v) is 30.5. The van der Waals surface area contributed by atoms with Crippen LogP contribution in [0.4, 0.5) is 17.1 Å². The lowest BCUT2D eigenvalue weighted by Gasteiger charge is -2.27. The van der Waals surface area contributed by atoms with E-state index in [1.807, 2.05) is 12.1 Å². The van der Waals surface area contributed by atoms with Crippen molar-refractivity contribution in [2.75, 3.05) is 4.90 Å². The first-order valence-corrected chi connectivity index (χ1v) is 19.1. The number of hydrogen-bond acceptors (Lipinski definition) is 1. The van der Waals surface area contributed by atoms with Crippen molar-refractivity contribution in [2.45, 2.75) is 0 Å². The Balaban J connectivity index is 1.12. The van der Waals surface area contributed by atoms with Crippen LogP contribution in [0.3, 0.4) is 0 Å². The Morgan fingerprint density at radius 2 is 1.04 bits per heavy atom. The molecule has 11 rings (SSSR count). The van der Waals surface area contributed by atoms with Crippen LogP contribution in [0, 0.1) is 12.1 Å². The van der Waals surface area contributed by atoms with Gasteiger partial charge in [0, 0.05) is 28.2 Å². The number of benzene rings is 9. The van der Waals surface area contributed by atoms with E-state index >= 15 is 0 Å². The van der Waals surface area contributed by atoms with Crippen molar-refractivity contribution in [3.05, 3.63) is 218 Å². The van der Waals surface area contributed by atoms with Gasteiger partial charge in [-0.2, -0.15) is 0 Å². The largest absolute Gasteiger partial charge is 0.308 e. The summed E-state index contributed by atoms with van der Waals surface area (Å²) in [6.45, 7) is 0. The van der Waals surface area contributed by atoms with E-state index in [-0.39, 0.29) is 0 Å². The topological polar surface area (TPSA) is 8.17 Å². The molecule has 2 nitrogen and oxygen atoms in total. The van der Waals surface area contributed by atoms with Gasteiger partial charge in [0.25, 0.3) is 0 Å². The Bertz CT molecular complexity index is 3210. The van der Waals surface area contributed by atoms with Crippen molar-refractivity contribution in [1.82, 2.24) is 4.57 Å². The quantitative estimate of drug-likeness (QED) is 0.156. The van der Waals surface area contributed by atoms with Gasteiger partial charge in [0.15, 0.2) is 0 Å². The number of nitrogens with zero attached hydrogens (tertiary/aromatic N) is 2. The van der Waals surface area contributed by atoms with Crippen molar-refractivity contribution in [3.8, 4) is 27.9 Å². The smallest absolute Gasteiger partial charge is 0.0782 e. The zero-order chi connectivity index (χ0) is 37.0. The van der Waals surface area contributed by atoms with Gasteiger partial charge in [0.1, 0.15) is 0 Å². The summed E-state index contributed by atoms with van der Waals surface area (Å²) < 4.78 is 2.37. The van der Waals surface area contributed by atoms with Gasteiger partial charge in [0.2, 0.25) is 0 Å². The molecule has 0 N–H and O–H groups in total. The van der Waals surface area contributed by atoms with E-state index in [2.05, 4.69) is 216 Å². The summed E-state index contributed by atoms with van der Waals surface area (Å²) in [5.41, 5.74) is 11.4. The van der Waals surface area contributed by atoms with E-state index in [9.17, 15) is 0 Å². The van der Waals surface area contributed by atoms with Crippen molar-refractivity contribution in [2.24, 2.45) is 0 Å². The lowest BCUT2D eigenvalue weighted by molar-refractivity contribution is 1.17. The van der Waals surface area contributed by atoms with Crippen LogP contribution in [-0.2, 0) is 0 Å². The van der Waals surface area contributed by atoms with E-state index in [1.54, 1.807) is 0 Å². The van der Waals surface area contributed by atoms with Crippen LogP contribution in [0.5, 0.6) is 0 Å². The molecule has 0 spiro atoms. The Morgan fingerprint density at radius 1 is 0.393 bits per heavy atom. The third-order valence-corrected chi connectivity index (χ3v) is 11.2. The fraction of sp³-hybridized carbons (Fsp3) is 0. The van der Waals surface area contributed by atoms with E-state index in [1.165, 1.54) is 65.3 Å². The average Bonchev–Trinajstić information content (AvgIpc) is 3.62. The maximum atomic E-state index is 3.21. The molecule has 11 aromatic rings. The van der Waals surface area contributed by atoms with Crippen LogP contribution < -0.4 is 4.90 Å². The molecule has 0 aliphatic carbocycles. The first-order chi connectivity index (χ1) is 27.8. The van der Waals surface area contributed by atoms with Crippen LogP contribution in [0.15, 0.2) is 206 Å². The van der Waals surface area contributed by atoms with Crippen molar-refractivity contribution >= 4 is 71.2 Å². The van der Waals surface area contributed by atoms with Crippen LogP contribution in [0.1, 0.15) is 0 Å². The number of rotatable bonds is 6. The average molecular weight is 711 g/mol. The second-order valence-electron chi connectivity index (χ2n) is 14.4. The molecular formula is C54H34N2. The molecule has 1 heterocycles. The summed E-state index contributed by atoms with van der Waals surface area (Å²) in [7, 11) is 0. The van der Waals surface area contributed by atoms with E-state index in [0.717, 1.165) is 33.8 Å². The summed E-state index contributed by atoms with van der Waals surface area (Å²) in [6, 6.07) is 80.8. The van der Waals surface area contributed by atoms with E-state index < -0.39 is 0 Å². The minimum Gasteiger partial charge on any atom is -0.308 e. The highest BCUT2D eigenvalue weighted by Crippen LogP contribution is 2.45. The number of para-hydroxylation sites is 2. The Hall–Kier alpha value is -7.60. The minimum absolute atomic E-state index is 1.05. The second-order valence-corrected chi connectivity index (χ2v) is 14.4. The van der Waals surface area contributed by atoms with Crippen LogP contribution in [0.2, 0.25) is 0 Å². The van der Waals surface area contributed by atoms with E-state index in [0.29, 0.717) is 0 Å². The summed E-state index contributed by atoms with van der Waals surface area (Å²) in [4.78, 5) is 2.40. The van der Waals surface area contributed by atoms with Crippen LogP contribution in [-0.4, -0.2) is 4.57 Å². The van der Waals surface area contributed by atoms with Gasteiger partial charge in [0.05, 0.1) is 22.4 Å². The SMILES string of the molecule is c1ccc(-n2c3ccccc3c3cccc(N(c4ccc(-c5ccccc5)cc4)c4ccc(-c5cccc6ccc7c8ccccc8ccc7c56)cc4)c32)cc#1. The first kappa shape index (κ1) is 31.9. The zero-order valence-electron chi connectivity index (χ0n) is 30.5. The Morgan fingerprint density at radius 3 is 1.84 bits per heavy atom. The highest BCUT2D eigenvalue weighted by molar-refractivity contribution is 6.21. The van der Waals surface area contributed by atoms with Gasteiger partial charge in [-0.15, -0.1) is 0 Å². The molecule has 0 atom stereocenters. The number of hydrogen-bond donors (Lipinski definition) is 0. The van der Waals surface area contributed by atoms with Gasteiger partial charge < -0.3 is 9.47 Å². The minimum atomic E-state index is 1.05. The molecule has 1 aromatic heterocycles. The lowest BCUT2D eigenvalue weighted by atomic mass is 9.91.